The van der Waals surface area contributed by atoms with Gasteiger partial charge in [-0.1, -0.05) is 32.0 Å². The molecule has 3 heteroatoms. The van der Waals surface area contributed by atoms with E-state index in [9.17, 15) is 5.11 Å². The first-order chi connectivity index (χ1) is 8.18. The molecule has 1 saturated heterocycles. The third kappa shape index (κ3) is 2.99. The molecular formula is C14H21NO2. The Hall–Kier alpha value is -1.06. The third-order valence-electron chi connectivity index (χ3n) is 3.27. The van der Waals surface area contributed by atoms with Gasteiger partial charge in [-0.05, 0) is 11.5 Å². The van der Waals surface area contributed by atoms with Gasteiger partial charge in [-0.3, -0.25) is 4.90 Å². The number of hydrogen-bond donors (Lipinski definition) is 1. The molecule has 0 unspecified atom stereocenters. The summed E-state index contributed by atoms with van der Waals surface area (Å²) in [6, 6.07) is 6.05. The van der Waals surface area contributed by atoms with Gasteiger partial charge >= 0.3 is 0 Å². The smallest absolute Gasteiger partial charge is 0.123 e. The molecule has 1 aliphatic rings. The number of rotatable bonds is 3. The summed E-state index contributed by atoms with van der Waals surface area (Å²) in [4.78, 5) is 2.32. The number of phenolic OH excluding ortho intramolecular Hbond substituents is 1. The maximum absolute atomic E-state index is 10.2. The molecule has 0 spiro atoms. The van der Waals surface area contributed by atoms with Gasteiger partial charge in [0.05, 0.1) is 13.2 Å². The van der Waals surface area contributed by atoms with Crippen molar-refractivity contribution in [1.82, 2.24) is 4.90 Å². The number of phenols is 1. The van der Waals surface area contributed by atoms with Gasteiger partial charge in [0, 0.05) is 25.2 Å². The Labute approximate surface area is 103 Å². The van der Waals surface area contributed by atoms with E-state index >= 15 is 0 Å². The van der Waals surface area contributed by atoms with Crippen LogP contribution in [0.15, 0.2) is 18.2 Å². The van der Waals surface area contributed by atoms with Gasteiger partial charge < -0.3 is 9.84 Å². The summed E-state index contributed by atoms with van der Waals surface area (Å²) >= 11 is 0. The van der Waals surface area contributed by atoms with Gasteiger partial charge in [-0.15, -0.1) is 0 Å². The fourth-order valence-electron chi connectivity index (χ4n) is 2.20. The summed E-state index contributed by atoms with van der Waals surface area (Å²) in [7, 11) is 0. The minimum absolute atomic E-state index is 0.361. The average Bonchev–Trinajstić information content (AvgIpc) is 2.33. The van der Waals surface area contributed by atoms with Crippen LogP contribution in [0.2, 0.25) is 0 Å². The first-order valence-corrected chi connectivity index (χ1v) is 6.29. The molecule has 1 aliphatic heterocycles. The maximum Gasteiger partial charge on any atom is 0.123 e. The third-order valence-corrected chi connectivity index (χ3v) is 3.27. The summed E-state index contributed by atoms with van der Waals surface area (Å²) < 4.78 is 5.33. The van der Waals surface area contributed by atoms with E-state index in [1.54, 1.807) is 0 Å². The van der Waals surface area contributed by atoms with Crippen LogP contribution in [0.1, 0.15) is 30.9 Å². The minimum Gasteiger partial charge on any atom is -0.507 e. The second-order valence-electron chi connectivity index (χ2n) is 4.90. The van der Waals surface area contributed by atoms with Crippen molar-refractivity contribution in [1.29, 1.82) is 0 Å². The highest BCUT2D eigenvalue weighted by atomic mass is 16.5. The number of para-hydroxylation sites is 1. The van der Waals surface area contributed by atoms with Crippen LogP contribution in [0.3, 0.4) is 0 Å². The lowest BCUT2D eigenvalue weighted by molar-refractivity contribution is 0.0338. The minimum atomic E-state index is 0.361. The highest BCUT2D eigenvalue weighted by molar-refractivity contribution is 5.41. The second kappa shape index (κ2) is 5.52. The van der Waals surface area contributed by atoms with Gasteiger partial charge in [-0.2, -0.15) is 0 Å². The van der Waals surface area contributed by atoms with Crippen LogP contribution in [-0.4, -0.2) is 36.3 Å². The number of hydrogen-bond acceptors (Lipinski definition) is 3. The fourth-order valence-corrected chi connectivity index (χ4v) is 2.20. The van der Waals surface area contributed by atoms with E-state index in [0.29, 0.717) is 11.7 Å². The molecule has 17 heavy (non-hydrogen) atoms. The Kier molecular flexibility index (Phi) is 4.02. The summed E-state index contributed by atoms with van der Waals surface area (Å²) in [5, 5.41) is 10.2. The van der Waals surface area contributed by atoms with Crippen molar-refractivity contribution in [2.24, 2.45) is 0 Å². The lowest BCUT2D eigenvalue weighted by Gasteiger charge is -2.27. The summed E-state index contributed by atoms with van der Waals surface area (Å²) in [5.74, 6) is 0.827. The van der Waals surface area contributed by atoms with Crippen LogP contribution in [0.5, 0.6) is 5.75 Å². The summed E-state index contributed by atoms with van der Waals surface area (Å²) in [6.07, 6.45) is 0. The molecule has 3 nitrogen and oxygen atoms in total. The van der Waals surface area contributed by atoms with Crippen molar-refractivity contribution in [3.63, 3.8) is 0 Å². The van der Waals surface area contributed by atoms with Gasteiger partial charge in [-0.25, -0.2) is 0 Å². The first kappa shape index (κ1) is 12.4. The molecule has 0 bridgehead atoms. The van der Waals surface area contributed by atoms with Crippen LogP contribution in [0.4, 0.5) is 0 Å². The van der Waals surface area contributed by atoms with E-state index < -0.39 is 0 Å². The predicted molar refractivity (Wildman–Crippen MR) is 68.3 cm³/mol. The normalized spacial score (nSPS) is 17.6. The molecule has 0 amide bonds. The molecule has 1 heterocycles. The SMILES string of the molecule is CC(C)c1cccc(CN2CCOCC2)c1O. The van der Waals surface area contributed by atoms with Gasteiger partial charge in [0.25, 0.3) is 0 Å². The lowest BCUT2D eigenvalue weighted by atomic mass is 9.99. The number of benzene rings is 1. The molecule has 0 radical (unpaired) electrons. The zero-order valence-corrected chi connectivity index (χ0v) is 10.6. The van der Waals surface area contributed by atoms with E-state index in [4.69, 9.17) is 4.74 Å². The molecule has 1 N–H and O–H groups in total. The van der Waals surface area contributed by atoms with Crippen LogP contribution >= 0.6 is 0 Å². The average molecular weight is 235 g/mol. The topological polar surface area (TPSA) is 32.7 Å². The maximum atomic E-state index is 10.2. The number of aromatic hydroxyl groups is 1. The quantitative estimate of drug-likeness (QED) is 0.873. The van der Waals surface area contributed by atoms with Gasteiger partial charge in [0.1, 0.15) is 5.75 Å². The van der Waals surface area contributed by atoms with Gasteiger partial charge in [0.15, 0.2) is 0 Å². The largest absolute Gasteiger partial charge is 0.507 e. The van der Waals surface area contributed by atoms with Crippen molar-refractivity contribution in [2.75, 3.05) is 26.3 Å². The molecule has 1 fully saturated rings. The van der Waals surface area contributed by atoms with Crippen LogP contribution in [-0.2, 0) is 11.3 Å². The van der Waals surface area contributed by atoms with Crippen LogP contribution < -0.4 is 0 Å². The molecule has 0 aromatic heterocycles. The molecule has 94 valence electrons. The highest BCUT2D eigenvalue weighted by Gasteiger charge is 2.15. The summed E-state index contributed by atoms with van der Waals surface area (Å²) in [6.45, 7) is 8.52. The van der Waals surface area contributed by atoms with Crippen molar-refractivity contribution in [3.8, 4) is 5.75 Å². The van der Waals surface area contributed by atoms with E-state index in [0.717, 1.165) is 44.0 Å². The molecule has 2 rings (SSSR count). The molecule has 1 aromatic rings. The van der Waals surface area contributed by atoms with Crippen LogP contribution in [0, 0.1) is 0 Å². The van der Waals surface area contributed by atoms with E-state index in [1.807, 2.05) is 18.2 Å². The van der Waals surface area contributed by atoms with Crippen molar-refractivity contribution < 1.29 is 9.84 Å². The highest BCUT2D eigenvalue weighted by Crippen LogP contribution is 2.29. The monoisotopic (exact) mass is 235 g/mol. The molecule has 0 saturated carbocycles. The Morgan fingerprint density at radius 2 is 2.00 bits per heavy atom. The molecule has 0 aliphatic carbocycles. The molecule has 0 atom stereocenters. The van der Waals surface area contributed by atoms with Crippen molar-refractivity contribution >= 4 is 0 Å². The Morgan fingerprint density at radius 3 is 2.65 bits per heavy atom. The fraction of sp³-hybridized carbons (Fsp3) is 0.571. The predicted octanol–water partition coefficient (Wildman–Crippen LogP) is 2.35. The number of morpholine rings is 1. The first-order valence-electron chi connectivity index (χ1n) is 6.29. The van der Waals surface area contributed by atoms with Crippen molar-refractivity contribution in [3.05, 3.63) is 29.3 Å². The summed E-state index contributed by atoms with van der Waals surface area (Å²) in [5.41, 5.74) is 2.06. The Bertz CT molecular complexity index is 370. The van der Waals surface area contributed by atoms with Gasteiger partial charge in [0.2, 0.25) is 0 Å². The van der Waals surface area contributed by atoms with Crippen LogP contribution in [0.25, 0.3) is 0 Å². The molecule has 1 aromatic carbocycles. The van der Waals surface area contributed by atoms with E-state index in [2.05, 4.69) is 18.7 Å². The Balaban J connectivity index is 2.12. The lowest BCUT2D eigenvalue weighted by Crippen LogP contribution is -2.35. The zero-order chi connectivity index (χ0) is 12.3. The molecular weight excluding hydrogens is 214 g/mol. The number of nitrogens with zero attached hydrogens (tertiary/aromatic N) is 1. The van der Waals surface area contributed by atoms with E-state index in [-0.39, 0.29) is 0 Å². The second-order valence-corrected chi connectivity index (χ2v) is 4.90. The zero-order valence-electron chi connectivity index (χ0n) is 10.6. The number of ether oxygens (including phenoxy) is 1. The van der Waals surface area contributed by atoms with Crippen molar-refractivity contribution in [2.45, 2.75) is 26.3 Å². The standard InChI is InChI=1S/C14H21NO2/c1-11(2)13-5-3-4-12(14(13)16)10-15-6-8-17-9-7-15/h3-5,11,16H,6-10H2,1-2H3. The van der Waals surface area contributed by atoms with E-state index in [1.165, 1.54) is 0 Å². The Morgan fingerprint density at radius 1 is 1.29 bits per heavy atom.